The van der Waals surface area contributed by atoms with E-state index in [4.69, 9.17) is 4.74 Å². The second-order valence-corrected chi connectivity index (χ2v) is 5.74. The van der Waals surface area contributed by atoms with Gasteiger partial charge in [-0.05, 0) is 22.1 Å². The maximum Gasteiger partial charge on any atom is 0.355 e. The first kappa shape index (κ1) is 16.6. The molecular weight excluding hydrogens is 348 g/mol. The fraction of sp³-hybridized carbons (Fsp3) is 0.111. The molecule has 0 saturated heterocycles. The standard InChI is InChI=1S/C18H14N6O3/c1-27-17(26)14-13(16(25)11-6-3-2-4-7-11)15(12-8-5-9-19-10-12)24-18(20-14)21-22-23-24/h2-10,15H,1H3,(H,20,21,23). The molecule has 1 aliphatic heterocycles. The molecular formula is C18H14N6O3. The lowest BCUT2D eigenvalue weighted by Crippen LogP contribution is -2.33. The number of aromatic nitrogens is 5. The third-order valence-corrected chi connectivity index (χ3v) is 4.19. The van der Waals surface area contributed by atoms with Gasteiger partial charge < -0.3 is 10.1 Å². The normalized spacial score (nSPS) is 15.7. The van der Waals surface area contributed by atoms with Crippen LogP contribution in [-0.4, -0.2) is 44.1 Å². The molecule has 0 radical (unpaired) electrons. The molecule has 1 atom stereocenters. The summed E-state index contributed by atoms with van der Waals surface area (Å²) in [5, 5.41) is 14.3. The van der Waals surface area contributed by atoms with Crippen LogP contribution in [-0.2, 0) is 9.53 Å². The van der Waals surface area contributed by atoms with Crippen LogP contribution in [0, 0.1) is 0 Å². The van der Waals surface area contributed by atoms with Gasteiger partial charge in [-0.25, -0.2) is 4.79 Å². The van der Waals surface area contributed by atoms with Crippen molar-refractivity contribution in [2.75, 3.05) is 12.4 Å². The van der Waals surface area contributed by atoms with Gasteiger partial charge in [-0.2, -0.15) is 4.68 Å². The molecule has 1 N–H and O–H groups in total. The molecule has 0 aliphatic carbocycles. The summed E-state index contributed by atoms with van der Waals surface area (Å²) in [6.07, 6.45) is 3.23. The highest BCUT2D eigenvalue weighted by atomic mass is 16.5. The quantitative estimate of drug-likeness (QED) is 0.547. The van der Waals surface area contributed by atoms with Crippen molar-refractivity contribution in [1.29, 1.82) is 0 Å². The number of pyridine rings is 1. The molecule has 1 aliphatic rings. The number of rotatable bonds is 4. The SMILES string of the molecule is COC(=O)C1=C(C(=O)c2ccccc2)C(c2cccnc2)n2nnnc2N1. The molecule has 0 spiro atoms. The summed E-state index contributed by atoms with van der Waals surface area (Å²) < 4.78 is 6.32. The zero-order valence-corrected chi connectivity index (χ0v) is 14.2. The van der Waals surface area contributed by atoms with Crippen LogP contribution in [0.4, 0.5) is 5.95 Å². The van der Waals surface area contributed by atoms with Crippen LogP contribution in [0.2, 0.25) is 0 Å². The predicted octanol–water partition coefficient (Wildman–Crippen LogP) is 1.39. The minimum Gasteiger partial charge on any atom is -0.464 e. The Balaban J connectivity index is 1.96. The summed E-state index contributed by atoms with van der Waals surface area (Å²) in [6.45, 7) is 0. The van der Waals surface area contributed by atoms with Gasteiger partial charge in [-0.1, -0.05) is 41.5 Å². The number of methoxy groups -OCH3 is 1. The van der Waals surface area contributed by atoms with Crippen molar-refractivity contribution in [1.82, 2.24) is 25.2 Å². The molecule has 27 heavy (non-hydrogen) atoms. The number of nitrogens with zero attached hydrogens (tertiary/aromatic N) is 5. The highest BCUT2D eigenvalue weighted by Crippen LogP contribution is 2.36. The van der Waals surface area contributed by atoms with E-state index >= 15 is 0 Å². The Morgan fingerprint density at radius 3 is 2.67 bits per heavy atom. The zero-order chi connectivity index (χ0) is 18.8. The van der Waals surface area contributed by atoms with Crippen molar-refractivity contribution in [2.24, 2.45) is 0 Å². The maximum absolute atomic E-state index is 13.3. The number of anilines is 1. The lowest BCUT2D eigenvalue weighted by molar-refractivity contribution is -0.136. The third kappa shape index (κ3) is 2.84. The molecule has 1 aromatic carbocycles. The fourth-order valence-electron chi connectivity index (χ4n) is 2.98. The van der Waals surface area contributed by atoms with Crippen LogP contribution in [0.3, 0.4) is 0 Å². The van der Waals surface area contributed by atoms with E-state index in [2.05, 4.69) is 25.8 Å². The first-order valence-electron chi connectivity index (χ1n) is 8.07. The Morgan fingerprint density at radius 2 is 1.96 bits per heavy atom. The molecule has 134 valence electrons. The summed E-state index contributed by atoms with van der Waals surface area (Å²) in [5.74, 6) is -0.787. The number of ketones is 1. The number of hydrogen-bond acceptors (Lipinski definition) is 8. The first-order valence-corrected chi connectivity index (χ1v) is 8.07. The number of ether oxygens (including phenoxy) is 1. The Morgan fingerprint density at radius 1 is 1.15 bits per heavy atom. The highest BCUT2D eigenvalue weighted by Gasteiger charge is 2.38. The van der Waals surface area contributed by atoms with E-state index in [9.17, 15) is 9.59 Å². The average Bonchev–Trinajstić information content (AvgIpc) is 3.21. The Bertz CT molecular complexity index is 1030. The molecule has 2 aromatic heterocycles. The van der Waals surface area contributed by atoms with Crippen molar-refractivity contribution in [2.45, 2.75) is 6.04 Å². The van der Waals surface area contributed by atoms with E-state index in [0.717, 1.165) is 0 Å². The molecule has 4 rings (SSSR count). The zero-order valence-electron chi connectivity index (χ0n) is 14.2. The molecule has 0 amide bonds. The summed E-state index contributed by atoms with van der Waals surface area (Å²) in [6, 6.07) is 11.5. The minimum atomic E-state index is -0.730. The van der Waals surface area contributed by atoms with Gasteiger partial charge in [-0.15, -0.1) is 0 Å². The van der Waals surface area contributed by atoms with E-state index < -0.39 is 12.0 Å². The number of esters is 1. The number of hydrogen-bond donors (Lipinski definition) is 1. The number of allylic oxidation sites excluding steroid dienone is 1. The van der Waals surface area contributed by atoms with Crippen molar-refractivity contribution in [3.8, 4) is 0 Å². The van der Waals surface area contributed by atoms with E-state index in [0.29, 0.717) is 11.1 Å². The maximum atomic E-state index is 13.3. The monoisotopic (exact) mass is 362 g/mol. The van der Waals surface area contributed by atoms with Crippen molar-refractivity contribution >= 4 is 17.7 Å². The van der Waals surface area contributed by atoms with Crippen molar-refractivity contribution in [3.05, 3.63) is 77.3 Å². The summed E-state index contributed by atoms with van der Waals surface area (Å²) in [7, 11) is 1.25. The Labute approximate surface area is 153 Å². The van der Waals surface area contributed by atoms with Gasteiger partial charge in [0.05, 0.1) is 12.7 Å². The molecule has 1 unspecified atom stereocenters. The largest absolute Gasteiger partial charge is 0.464 e. The number of nitrogens with one attached hydrogen (secondary N) is 1. The predicted molar refractivity (Wildman–Crippen MR) is 93.6 cm³/mol. The van der Waals surface area contributed by atoms with Crippen LogP contribution < -0.4 is 5.32 Å². The van der Waals surface area contributed by atoms with Gasteiger partial charge >= 0.3 is 5.97 Å². The third-order valence-electron chi connectivity index (χ3n) is 4.19. The van der Waals surface area contributed by atoms with Crippen LogP contribution >= 0.6 is 0 Å². The van der Waals surface area contributed by atoms with Gasteiger partial charge in [0.15, 0.2) is 5.78 Å². The van der Waals surface area contributed by atoms with Gasteiger partial charge in [0.25, 0.3) is 0 Å². The number of carbonyl (C=O) groups is 2. The van der Waals surface area contributed by atoms with Gasteiger partial charge in [0.2, 0.25) is 5.95 Å². The molecule has 9 heteroatoms. The molecule has 9 nitrogen and oxygen atoms in total. The Hall–Kier alpha value is -3.88. The number of carbonyl (C=O) groups excluding carboxylic acids is 2. The van der Waals surface area contributed by atoms with Crippen LogP contribution in [0.15, 0.2) is 66.1 Å². The van der Waals surface area contributed by atoms with Gasteiger partial charge in [0.1, 0.15) is 11.7 Å². The van der Waals surface area contributed by atoms with Gasteiger partial charge in [-0.3, -0.25) is 9.78 Å². The topological polar surface area (TPSA) is 112 Å². The molecule has 0 saturated carbocycles. The van der Waals surface area contributed by atoms with Gasteiger partial charge in [0, 0.05) is 18.0 Å². The molecule has 3 heterocycles. The minimum absolute atomic E-state index is 0.00232. The van der Waals surface area contributed by atoms with Crippen molar-refractivity contribution in [3.63, 3.8) is 0 Å². The number of tetrazole rings is 1. The summed E-state index contributed by atoms with van der Waals surface area (Å²) in [4.78, 5) is 29.9. The summed E-state index contributed by atoms with van der Waals surface area (Å²) >= 11 is 0. The summed E-state index contributed by atoms with van der Waals surface area (Å²) in [5.41, 5.74) is 1.28. The lowest BCUT2D eigenvalue weighted by atomic mass is 9.90. The van der Waals surface area contributed by atoms with Crippen LogP contribution in [0.25, 0.3) is 0 Å². The molecule has 3 aromatic rings. The Kier molecular flexibility index (Phi) is 4.17. The molecule has 0 fully saturated rings. The van der Waals surface area contributed by atoms with E-state index in [-0.39, 0.29) is 23.0 Å². The number of fused-ring (bicyclic) bond motifs is 1. The first-order chi connectivity index (χ1) is 13.2. The van der Waals surface area contributed by atoms with E-state index in [1.54, 1.807) is 48.8 Å². The smallest absolute Gasteiger partial charge is 0.355 e. The van der Waals surface area contributed by atoms with E-state index in [1.165, 1.54) is 11.8 Å². The molecule has 0 bridgehead atoms. The van der Waals surface area contributed by atoms with Crippen LogP contribution in [0.1, 0.15) is 22.0 Å². The number of Topliss-reactive ketones (excluding diaryl/α,β-unsaturated/α-hetero) is 1. The van der Waals surface area contributed by atoms with Crippen molar-refractivity contribution < 1.29 is 14.3 Å². The number of benzene rings is 1. The highest BCUT2D eigenvalue weighted by molar-refractivity contribution is 6.14. The average molecular weight is 362 g/mol. The second-order valence-electron chi connectivity index (χ2n) is 5.74. The lowest BCUT2D eigenvalue weighted by Gasteiger charge is -2.27. The fourth-order valence-corrected chi connectivity index (χ4v) is 2.98. The van der Waals surface area contributed by atoms with Crippen LogP contribution in [0.5, 0.6) is 0 Å². The van der Waals surface area contributed by atoms with E-state index in [1.807, 2.05) is 6.07 Å². The second kappa shape index (κ2) is 6.79.